The average Bonchev–Trinajstić information content (AvgIpc) is 2.51. The summed E-state index contributed by atoms with van der Waals surface area (Å²) in [5.41, 5.74) is 5.69. The molecule has 0 aliphatic heterocycles. The van der Waals surface area contributed by atoms with Gasteiger partial charge in [-0.1, -0.05) is 0 Å². The van der Waals surface area contributed by atoms with Crippen LogP contribution in [0, 0.1) is 4.77 Å². The van der Waals surface area contributed by atoms with Crippen molar-refractivity contribution < 1.29 is 0 Å². The predicted molar refractivity (Wildman–Crippen MR) is 55.6 cm³/mol. The van der Waals surface area contributed by atoms with Crippen LogP contribution in [0.2, 0.25) is 0 Å². The highest BCUT2D eigenvalue weighted by Gasteiger charge is 2.08. The molecule has 2 aromatic heterocycles. The Morgan fingerprint density at radius 1 is 1.57 bits per heavy atom. The Hall–Kier alpha value is -1.54. The summed E-state index contributed by atoms with van der Waals surface area (Å²) in [5, 5.41) is 8.31. The Kier molecular flexibility index (Phi) is 2.14. The number of anilines is 1. The molecule has 2 heterocycles. The Bertz CT molecular complexity index is 568. The van der Waals surface area contributed by atoms with Crippen LogP contribution in [-0.2, 0) is 0 Å². The van der Waals surface area contributed by atoms with Crippen LogP contribution >= 0.6 is 23.6 Å². The standard InChI is InChI=1S/C6H5N5OS2/c7-5-8-2(1-14-5)3-4(12)9-6(13)11-10-3/h1H,(H2,7,8)(H2,9,11,12,13). The van der Waals surface area contributed by atoms with E-state index < -0.39 is 0 Å². The van der Waals surface area contributed by atoms with Gasteiger partial charge in [-0.05, 0) is 12.2 Å². The molecule has 2 aromatic rings. The lowest BCUT2D eigenvalue weighted by Gasteiger charge is -1.92. The molecule has 0 bridgehead atoms. The van der Waals surface area contributed by atoms with Gasteiger partial charge in [0, 0.05) is 5.38 Å². The van der Waals surface area contributed by atoms with Crippen LogP contribution in [0.25, 0.3) is 11.4 Å². The molecule has 6 nitrogen and oxygen atoms in total. The molecule has 0 aliphatic rings. The van der Waals surface area contributed by atoms with Gasteiger partial charge in [0.05, 0.1) is 0 Å². The first-order valence-corrected chi connectivity index (χ1v) is 4.86. The number of nitrogens with one attached hydrogen (secondary N) is 2. The Morgan fingerprint density at radius 2 is 2.36 bits per heavy atom. The minimum atomic E-state index is -0.376. The van der Waals surface area contributed by atoms with E-state index in [1.54, 1.807) is 5.38 Å². The number of hydrogen-bond acceptors (Lipinski definition) is 6. The molecule has 0 spiro atoms. The van der Waals surface area contributed by atoms with Gasteiger partial charge in [-0.3, -0.25) is 14.9 Å². The normalized spacial score (nSPS) is 10.3. The number of nitrogens with two attached hydrogens (primary N) is 1. The highest BCUT2D eigenvalue weighted by Crippen LogP contribution is 2.17. The molecule has 8 heteroatoms. The van der Waals surface area contributed by atoms with Gasteiger partial charge in [0.25, 0.3) is 5.56 Å². The van der Waals surface area contributed by atoms with Gasteiger partial charge in [-0.2, -0.15) is 5.10 Å². The summed E-state index contributed by atoms with van der Waals surface area (Å²) >= 11 is 5.94. The van der Waals surface area contributed by atoms with Crippen molar-refractivity contribution in [1.82, 2.24) is 20.2 Å². The molecule has 0 aliphatic carbocycles. The van der Waals surface area contributed by atoms with E-state index in [-0.39, 0.29) is 16.0 Å². The number of thiazole rings is 1. The van der Waals surface area contributed by atoms with Crippen molar-refractivity contribution in [2.45, 2.75) is 0 Å². The molecule has 0 saturated carbocycles. The zero-order valence-corrected chi connectivity index (χ0v) is 8.41. The van der Waals surface area contributed by atoms with E-state index in [2.05, 4.69) is 20.2 Å². The third-order valence-electron chi connectivity index (χ3n) is 1.48. The van der Waals surface area contributed by atoms with Crippen LogP contribution < -0.4 is 11.3 Å². The summed E-state index contributed by atoms with van der Waals surface area (Å²) in [6.07, 6.45) is 0. The molecular weight excluding hydrogens is 222 g/mol. The van der Waals surface area contributed by atoms with E-state index in [0.717, 1.165) is 0 Å². The molecule has 72 valence electrons. The maximum atomic E-state index is 11.4. The molecule has 14 heavy (non-hydrogen) atoms. The fourth-order valence-corrected chi connectivity index (χ4v) is 1.60. The van der Waals surface area contributed by atoms with Crippen molar-refractivity contribution in [3.63, 3.8) is 0 Å². The van der Waals surface area contributed by atoms with Crippen molar-refractivity contribution in [2.75, 3.05) is 5.73 Å². The number of H-pyrrole nitrogens is 2. The van der Waals surface area contributed by atoms with Gasteiger partial charge in [-0.25, -0.2) is 4.98 Å². The molecule has 0 amide bonds. The van der Waals surface area contributed by atoms with Crippen molar-refractivity contribution in [2.24, 2.45) is 0 Å². The van der Waals surface area contributed by atoms with E-state index in [1.807, 2.05) is 0 Å². The third kappa shape index (κ3) is 1.56. The SMILES string of the molecule is Nc1nc(-c2n[nH]c(=S)[nH]c2=O)cs1. The fourth-order valence-electron chi connectivity index (χ4n) is 0.918. The molecule has 0 aromatic carbocycles. The number of nitrogen functional groups attached to an aromatic ring is 1. The summed E-state index contributed by atoms with van der Waals surface area (Å²) < 4.78 is 0.182. The first-order valence-electron chi connectivity index (χ1n) is 3.57. The molecule has 0 fully saturated rings. The summed E-state index contributed by atoms with van der Waals surface area (Å²) in [7, 11) is 0. The van der Waals surface area contributed by atoms with Gasteiger partial charge >= 0.3 is 0 Å². The van der Waals surface area contributed by atoms with Crippen molar-refractivity contribution >= 4 is 28.7 Å². The minimum absolute atomic E-state index is 0.182. The van der Waals surface area contributed by atoms with Crippen molar-refractivity contribution in [3.8, 4) is 11.4 Å². The van der Waals surface area contributed by atoms with Gasteiger partial charge in [0.1, 0.15) is 5.69 Å². The number of hydrogen-bond donors (Lipinski definition) is 3. The van der Waals surface area contributed by atoms with Gasteiger partial charge in [-0.15, -0.1) is 11.3 Å². The van der Waals surface area contributed by atoms with E-state index in [4.69, 9.17) is 18.0 Å². The minimum Gasteiger partial charge on any atom is -0.375 e. The fraction of sp³-hybridized carbons (Fsp3) is 0. The van der Waals surface area contributed by atoms with Gasteiger partial charge in [0.15, 0.2) is 15.6 Å². The number of aromatic amines is 2. The summed E-state index contributed by atoms with van der Waals surface area (Å²) in [5.74, 6) is 0. The average molecular weight is 227 g/mol. The second-order valence-corrected chi connectivity index (χ2v) is 3.72. The van der Waals surface area contributed by atoms with E-state index in [9.17, 15) is 4.79 Å². The maximum absolute atomic E-state index is 11.4. The van der Waals surface area contributed by atoms with E-state index >= 15 is 0 Å². The zero-order chi connectivity index (χ0) is 10.1. The second kappa shape index (κ2) is 3.31. The van der Waals surface area contributed by atoms with Gasteiger partial charge < -0.3 is 5.73 Å². The zero-order valence-electron chi connectivity index (χ0n) is 6.77. The lowest BCUT2D eigenvalue weighted by atomic mass is 10.4. The summed E-state index contributed by atoms with van der Waals surface area (Å²) in [4.78, 5) is 17.7. The van der Waals surface area contributed by atoms with Gasteiger partial charge in [0.2, 0.25) is 0 Å². The van der Waals surface area contributed by atoms with Crippen LogP contribution in [-0.4, -0.2) is 20.2 Å². The lowest BCUT2D eigenvalue weighted by Crippen LogP contribution is -2.13. The quantitative estimate of drug-likeness (QED) is 0.617. The second-order valence-electron chi connectivity index (χ2n) is 2.43. The molecule has 0 saturated heterocycles. The first-order chi connectivity index (χ1) is 6.66. The smallest absolute Gasteiger partial charge is 0.280 e. The van der Waals surface area contributed by atoms with Crippen molar-refractivity contribution in [3.05, 3.63) is 20.5 Å². The van der Waals surface area contributed by atoms with Crippen LogP contribution in [0.4, 0.5) is 5.13 Å². The molecule has 0 atom stereocenters. The number of rotatable bonds is 1. The van der Waals surface area contributed by atoms with E-state index in [0.29, 0.717) is 10.8 Å². The molecule has 0 unspecified atom stereocenters. The number of nitrogens with zero attached hydrogens (tertiary/aromatic N) is 2. The summed E-state index contributed by atoms with van der Waals surface area (Å²) in [6.45, 7) is 0. The highest BCUT2D eigenvalue weighted by molar-refractivity contribution is 7.71. The Morgan fingerprint density at radius 3 is 2.93 bits per heavy atom. The number of aromatic nitrogens is 4. The van der Waals surface area contributed by atoms with Crippen LogP contribution in [0.1, 0.15) is 0 Å². The monoisotopic (exact) mass is 227 g/mol. The third-order valence-corrected chi connectivity index (χ3v) is 2.34. The van der Waals surface area contributed by atoms with E-state index in [1.165, 1.54) is 11.3 Å². The maximum Gasteiger partial charge on any atom is 0.280 e. The topological polar surface area (TPSA) is 100 Å². The first kappa shape index (κ1) is 9.03. The molecular formula is C6H5N5OS2. The Labute approximate surface area is 86.8 Å². The molecule has 0 radical (unpaired) electrons. The highest BCUT2D eigenvalue weighted by atomic mass is 32.1. The lowest BCUT2D eigenvalue weighted by molar-refractivity contribution is 0.928. The van der Waals surface area contributed by atoms with Crippen LogP contribution in [0.15, 0.2) is 10.2 Å². The Balaban J connectivity index is 2.63. The van der Waals surface area contributed by atoms with Crippen molar-refractivity contribution in [1.29, 1.82) is 0 Å². The van der Waals surface area contributed by atoms with Crippen LogP contribution in [0.5, 0.6) is 0 Å². The predicted octanol–water partition coefficient (Wildman–Crippen LogP) is 0.533. The molecule has 4 N–H and O–H groups in total. The van der Waals surface area contributed by atoms with Crippen LogP contribution in [0.3, 0.4) is 0 Å². The largest absolute Gasteiger partial charge is 0.375 e. The summed E-state index contributed by atoms with van der Waals surface area (Å²) in [6, 6.07) is 0. The molecule has 2 rings (SSSR count).